The van der Waals surface area contributed by atoms with Crippen LogP contribution >= 0.6 is 0 Å². The predicted octanol–water partition coefficient (Wildman–Crippen LogP) is 2.64. The maximum atomic E-state index is 3.75. The summed E-state index contributed by atoms with van der Waals surface area (Å²) in [6, 6.07) is 1.57. The molecule has 0 radical (unpaired) electrons. The van der Waals surface area contributed by atoms with Gasteiger partial charge in [0.2, 0.25) is 0 Å². The van der Waals surface area contributed by atoms with E-state index in [-0.39, 0.29) is 0 Å². The van der Waals surface area contributed by atoms with Crippen molar-refractivity contribution in [3.63, 3.8) is 0 Å². The monoisotopic (exact) mass is 236 g/mol. The molecule has 3 aliphatic rings. The fourth-order valence-electron chi connectivity index (χ4n) is 3.72. The molecule has 98 valence electrons. The average Bonchev–Trinajstić information content (AvgIpc) is 3.05. The minimum Gasteiger partial charge on any atom is -0.311 e. The van der Waals surface area contributed by atoms with Gasteiger partial charge in [-0.05, 0) is 44.6 Å². The molecule has 1 N–H and O–H groups in total. The maximum absolute atomic E-state index is 3.75. The number of piperazine rings is 1. The van der Waals surface area contributed by atoms with Gasteiger partial charge in [-0.1, -0.05) is 25.7 Å². The first-order valence-electron chi connectivity index (χ1n) is 7.80. The van der Waals surface area contributed by atoms with Crippen LogP contribution < -0.4 is 5.32 Å². The Balaban J connectivity index is 1.45. The van der Waals surface area contributed by atoms with Gasteiger partial charge in [-0.3, -0.25) is 4.90 Å². The van der Waals surface area contributed by atoms with E-state index in [2.05, 4.69) is 17.1 Å². The fraction of sp³-hybridized carbons (Fsp3) is 1.00. The summed E-state index contributed by atoms with van der Waals surface area (Å²) in [6.07, 6.45) is 10.4. The summed E-state index contributed by atoms with van der Waals surface area (Å²) < 4.78 is 0. The largest absolute Gasteiger partial charge is 0.311 e. The lowest BCUT2D eigenvalue weighted by atomic mass is 10.0. The van der Waals surface area contributed by atoms with Crippen LogP contribution in [-0.2, 0) is 0 Å². The molecule has 0 bridgehead atoms. The van der Waals surface area contributed by atoms with Gasteiger partial charge < -0.3 is 5.32 Å². The van der Waals surface area contributed by atoms with Crippen molar-refractivity contribution in [2.45, 2.75) is 64.0 Å². The first-order chi connectivity index (χ1) is 8.33. The van der Waals surface area contributed by atoms with Gasteiger partial charge in [0.25, 0.3) is 0 Å². The van der Waals surface area contributed by atoms with Gasteiger partial charge in [-0.25, -0.2) is 0 Å². The first kappa shape index (κ1) is 12.0. The van der Waals surface area contributed by atoms with Gasteiger partial charge in [0.15, 0.2) is 0 Å². The Bertz CT molecular complexity index is 243. The van der Waals surface area contributed by atoms with E-state index in [9.17, 15) is 0 Å². The molecular formula is C15H28N2. The van der Waals surface area contributed by atoms with Crippen LogP contribution in [0.2, 0.25) is 0 Å². The maximum Gasteiger partial charge on any atom is 0.0224 e. The minimum absolute atomic E-state index is 0.756. The fourth-order valence-corrected chi connectivity index (χ4v) is 3.72. The Morgan fingerprint density at radius 1 is 1.12 bits per heavy atom. The Morgan fingerprint density at radius 2 is 1.88 bits per heavy atom. The van der Waals surface area contributed by atoms with E-state index < -0.39 is 0 Å². The SMILES string of the molecule is CC1CNC(C2CC2)CN1CCC1CCCC1. The van der Waals surface area contributed by atoms with E-state index in [1.54, 1.807) is 0 Å². The van der Waals surface area contributed by atoms with Crippen LogP contribution in [0.5, 0.6) is 0 Å². The van der Waals surface area contributed by atoms with Crippen LogP contribution in [0.25, 0.3) is 0 Å². The molecule has 1 heterocycles. The summed E-state index contributed by atoms with van der Waals surface area (Å²) in [7, 11) is 0. The van der Waals surface area contributed by atoms with Crippen LogP contribution in [0, 0.1) is 11.8 Å². The lowest BCUT2D eigenvalue weighted by molar-refractivity contribution is 0.125. The van der Waals surface area contributed by atoms with Crippen molar-refractivity contribution in [3.05, 3.63) is 0 Å². The summed E-state index contributed by atoms with van der Waals surface area (Å²) in [5.74, 6) is 2.06. The highest BCUT2D eigenvalue weighted by molar-refractivity contribution is 4.93. The minimum atomic E-state index is 0.756. The highest BCUT2D eigenvalue weighted by Gasteiger charge is 2.35. The topological polar surface area (TPSA) is 15.3 Å². The lowest BCUT2D eigenvalue weighted by Gasteiger charge is -2.39. The molecule has 0 spiro atoms. The number of hydrogen-bond acceptors (Lipinski definition) is 2. The van der Waals surface area contributed by atoms with E-state index in [4.69, 9.17) is 0 Å². The first-order valence-corrected chi connectivity index (χ1v) is 7.80. The van der Waals surface area contributed by atoms with E-state index in [0.717, 1.165) is 23.9 Å². The van der Waals surface area contributed by atoms with Gasteiger partial charge in [-0.15, -0.1) is 0 Å². The molecule has 1 saturated heterocycles. The number of nitrogens with one attached hydrogen (secondary N) is 1. The highest BCUT2D eigenvalue weighted by Crippen LogP contribution is 2.34. The number of hydrogen-bond donors (Lipinski definition) is 1. The van der Waals surface area contributed by atoms with Crippen molar-refractivity contribution < 1.29 is 0 Å². The van der Waals surface area contributed by atoms with Crippen LogP contribution in [0.15, 0.2) is 0 Å². The van der Waals surface area contributed by atoms with Crippen LogP contribution in [0.1, 0.15) is 51.9 Å². The van der Waals surface area contributed by atoms with Crippen LogP contribution in [0.3, 0.4) is 0 Å². The molecule has 2 nitrogen and oxygen atoms in total. The van der Waals surface area contributed by atoms with E-state index in [1.165, 1.54) is 64.6 Å². The third-order valence-electron chi connectivity index (χ3n) is 5.22. The summed E-state index contributed by atoms with van der Waals surface area (Å²) in [5, 5.41) is 3.75. The van der Waals surface area contributed by atoms with Gasteiger partial charge in [0, 0.05) is 25.2 Å². The van der Waals surface area contributed by atoms with Crippen molar-refractivity contribution in [1.29, 1.82) is 0 Å². The molecule has 2 unspecified atom stereocenters. The zero-order valence-corrected chi connectivity index (χ0v) is 11.3. The van der Waals surface area contributed by atoms with Gasteiger partial charge in [0.05, 0.1) is 0 Å². The standard InChI is InChI=1S/C15H28N2/c1-12-10-16-15(14-6-7-14)11-17(12)9-8-13-4-2-3-5-13/h12-16H,2-11H2,1H3. The molecule has 1 aliphatic heterocycles. The Hall–Kier alpha value is -0.0800. The van der Waals surface area contributed by atoms with Crippen molar-refractivity contribution in [1.82, 2.24) is 10.2 Å². The van der Waals surface area contributed by atoms with Gasteiger partial charge in [-0.2, -0.15) is 0 Å². The van der Waals surface area contributed by atoms with Crippen LogP contribution in [-0.4, -0.2) is 36.6 Å². The third kappa shape index (κ3) is 3.03. The average molecular weight is 236 g/mol. The normalized spacial score (nSPS) is 36.5. The second kappa shape index (κ2) is 5.27. The Kier molecular flexibility index (Phi) is 3.72. The van der Waals surface area contributed by atoms with Crippen molar-refractivity contribution in [3.8, 4) is 0 Å². The lowest BCUT2D eigenvalue weighted by Crippen LogP contribution is -2.56. The second-order valence-electron chi connectivity index (χ2n) is 6.64. The van der Waals surface area contributed by atoms with Crippen molar-refractivity contribution in [2.75, 3.05) is 19.6 Å². The third-order valence-corrected chi connectivity index (χ3v) is 5.22. The zero-order valence-electron chi connectivity index (χ0n) is 11.3. The summed E-state index contributed by atoms with van der Waals surface area (Å²) in [5.41, 5.74) is 0. The molecular weight excluding hydrogens is 208 g/mol. The molecule has 0 amide bonds. The molecule has 0 aromatic carbocycles. The van der Waals surface area contributed by atoms with Crippen molar-refractivity contribution >= 4 is 0 Å². The van der Waals surface area contributed by atoms with E-state index >= 15 is 0 Å². The molecule has 0 aromatic heterocycles. The molecule has 2 aliphatic carbocycles. The molecule has 17 heavy (non-hydrogen) atoms. The molecule has 2 saturated carbocycles. The van der Waals surface area contributed by atoms with E-state index in [0.29, 0.717) is 0 Å². The van der Waals surface area contributed by atoms with Crippen LogP contribution in [0.4, 0.5) is 0 Å². The predicted molar refractivity (Wildman–Crippen MR) is 72.1 cm³/mol. The quantitative estimate of drug-likeness (QED) is 0.807. The van der Waals surface area contributed by atoms with Gasteiger partial charge >= 0.3 is 0 Å². The molecule has 3 fully saturated rings. The van der Waals surface area contributed by atoms with E-state index in [1.807, 2.05) is 0 Å². The summed E-state index contributed by atoms with van der Waals surface area (Å²) in [6.45, 7) is 6.28. The zero-order chi connectivity index (χ0) is 11.7. The smallest absolute Gasteiger partial charge is 0.0224 e. The molecule has 3 rings (SSSR count). The Labute approximate surface area is 106 Å². The molecule has 0 aromatic rings. The Morgan fingerprint density at radius 3 is 2.59 bits per heavy atom. The second-order valence-corrected chi connectivity index (χ2v) is 6.64. The summed E-state index contributed by atoms with van der Waals surface area (Å²) >= 11 is 0. The van der Waals surface area contributed by atoms with Gasteiger partial charge in [0.1, 0.15) is 0 Å². The number of rotatable bonds is 4. The number of nitrogens with zero attached hydrogens (tertiary/aromatic N) is 1. The molecule has 2 heteroatoms. The molecule has 2 atom stereocenters. The summed E-state index contributed by atoms with van der Waals surface area (Å²) in [4.78, 5) is 2.76. The van der Waals surface area contributed by atoms with Crippen molar-refractivity contribution in [2.24, 2.45) is 11.8 Å². The highest BCUT2D eigenvalue weighted by atomic mass is 15.2.